The molecule has 0 spiro atoms. The fourth-order valence-corrected chi connectivity index (χ4v) is 2.09. The van der Waals surface area contributed by atoms with Gasteiger partial charge in [-0.25, -0.2) is 0 Å². The Morgan fingerprint density at radius 1 is 1.35 bits per heavy atom. The third kappa shape index (κ3) is 5.28. The van der Waals surface area contributed by atoms with E-state index in [2.05, 4.69) is 28.2 Å². The quantitative estimate of drug-likeness (QED) is 0.797. The maximum Gasteiger partial charge on any atom is 0.251 e. The number of amides is 1. The first-order valence-electron chi connectivity index (χ1n) is 5.41. The fraction of sp³-hybridized carbons (Fsp3) is 0.417. The van der Waals surface area contributed by atoms with Crippen LogP contribution in [0.25, 0.3) is 0 Å². The summed E-state index contributed by atoms with van der Waals surface area (Å²) in [5.74, 6) is -0.148. The molecule has 0 heterocycles. The van der Waals surface area contributed by atoms with Gasteiger partial charge >= 0.3 is 0 Å². The standard InChI is InChI=1S/C12H14BrCl2NO/c1-2-9(13)3-4-16-12(17)8-5-10(14)7-11(15)6-8/h5-7,9H,2-4H2,1H3,(H,16,17). The maximum absolute atomic E-state index is 11.8. The lowest BCUT2D eigenvalue weighted by atomic mass is 10.2. The van der Waals surface area contributed by atoms with Crippen molar-refractivity contribution in [2.45, 2.75) is 24.6 Å². The van der Waals surface area contributed by atoms with Gasteiger partial charge in [0, 0.05) is 27.0 Å². The highest BCUT2D eigenvalue weighted by Crippen LogP contribution is 2.19. The summed E-state index contributed by atoms with van der Waals surface area (Å²) < 4.78 is 0. The van der Waals surface area contributed by atoms with Crippen molar-refractivity contribution in [2.24, 2.45) is 0 Å². The molecule has 1 aromatic carbocycles. The number of halogens is 3. The molecule has 0 aliphatic carbocycles. The molecule has 0 radical (unpaired) electrons. The van der Waals surface area contributed by atoms with Gasteiger partial charge in [-0.2, -0.15) is 0 Å². The molecule has 0 saturated carbocycles. The van der Waals surface area contributed by atoms with E-state index in [1.165, 1.54) is 0 Å². The van der Waals surface area contributed by atoms with Crippen LogP contribution < -0.4 is 5.32 Å². The van der Waals surface area contributed by atoms with Gasteiger partial charge in [0.25, 0.3) is 5.91 Å². The van der Waals surface area contributed by atoms with E-state index in [0.29, 0.717) is 27.0 Å². The van der Waals surface area contributed by atoms with E-state index in [0.717, 1.165) is 12.8 Å². The first-order chi connectivity index (χ1) is 8.02. The predicted molar refractivity (Wildman–Crippen MR) is 76.4 cm³/mol. The van der Waals surface area contributed by atoms with Gasteiger partial charge in [0.2, 0.25) is 0 Å². The van der Waals surface area contributed by atoms with Gasteiger partial charge in [-0.1, -0.05) is 46.1 Å². The number of rotatable bonds is 5. The molecule has 1 N–H and O–H groups in total. The predicted octanol–water partition coefficient (Wildman–Crippen LogP) is 4.29. The molecule has 94 valence electrons. The van der Waals surface area contributed by atoms with Crippen molar-refractivity contribution in [1.29, 1.82) is 0 Å². The van der Waals surface area contributed by atoms with Crippen molar-refractivity contribution >= 4 is 45.0 Å². The van der Waals surface area contributed by atoms with Crippen LogP contribution in [0.1, 0.15) is 30.1 Å². The topological polar surface area (TPSA) is 29.1 Å². The number of benzene rings is 1. The lowest BCUT2D eigenvalue weighted by molar-refractivity contribution is 0.0953. The largest absolute Gasteiger partial charge is 0.352 e. The van der Waals surface area contributed by atoms with E-state index in [-0.39, 0.29) is 5.91 Å². The van der Waals surface area contributed by atoms with Crippen LogP contribution in [0.3, 0.4) is 0 Å². The number of carbonyl (C=O) groups is 1. The van der Waals surface area contributed by atoms with Gasteiger partial charge in [0.1, 0.15) is 0 Å². The molecule has 2 nitrogen and oxygen atoms in total. The molecule has 0 aliphatic rings. The van der Waals surface area contributed by atoms with E-state index in [4.69, 9.17) is 23.2 Å². The Labute approximate surface area is 120 Å². The Balaban J connectivity index is 2.52. The summed E-state index contributed by atoms with van der Waals surface area (Å²) in [4.78, 5) is 12.2. The molecule has 17 heavy (non-hydrogen) atoms. The molecule has 0 aromatic heterocycles. The van der Waals surface area contributed by atoms with Crippen LogP contribution in [0.15, 0.2) is 18.2 Å². The first-order valence-corrected chi connectivity index (χ1v) is 7.08. The molecular formula is C12H14BrCl2NO. The summed E-state index contributed by atoms with van der Waals surface area (Å²) in [5, 5.41) is 3.77. The van der Waals surface area contributed by atoms with Gasteiger partial charge in [0.15, 0.2) is 0 Å². The van der Waals surface area contributed by atoms with Gasteiger partial charge in [0.05, 0.1) is 0 Å². The van der Waals surface area contributed by atoms with Crippen molar-refractivity contribution in [3.63, 3.8) is 0 Å². The zero-order chi connectivity index (χ0) is 12.8. The summed E-state index contributed by atoms with van der Waals surface area (Å²) in [6, 6.07) is 4.81. The summed E-state index contributed by atoms with van der Waals surface area (Å²) in [7, 11) is 0. The smallest absolute Gasteiger partial charge is 0.251 e. The van der Waals surface area contributed by atoms with Crippen molar-refractivity contribution in [1.82, 2.24) is 5.32 Å². The minimum atomic E-state index is -0.148. The van der Waals surface area contributed by atoms with E-state index in [1.54, 1.807) is 18.2 Å². The van der Waals surface area contributed by atoms with Crippen molar-refractivity contribution in [3.8, 4) is 0 Å². The summed E-state index contributed by atoms with van der Waals surface area (Å²) in [6.07, 6.45) is 1.94. The minimum absolute atomic E-state index is 0.148. The number of carbonyl (C=O) groups excluding carboxylic acids is 1. The van der Waals surface area contributed by atoms with Gasteiger partial charge in [-0.05, 0) is 31.0 Å². The molecule has 1 aromatic rings. The van der Waals surface area contributed by atoms with Crippen LogP contribution >= 0.6 is 39.1 Å². The Hall–Kier alpha value is -0.250. The van der Waals surface area contributed by atoms with Crippen LogP contribution in [0.2, 0.25) is 10.0 Å². The van der Waals surface area contributed by atoms with Gasteiger partial charge < -0.3 is 5.32 Å². The third-order valence-electron chi connectivity index (χ3n) is 2.31. The highest BCUT2D eigenvalue weighted by molar-refractivity contribution is 9.09. The maximum atomic E-state index is 11.8. The number of hydrogen-bond acceptors (Lipinski definition) is 1. The van der Waals surface area contributed by atoms with E-state index < -0.39 is 0 Å². The van der Waals surface area contributed by atoms with E-state index in [9.17, 15) is 4.79 Å². The van der Waals surface area contributed by atoms with Crippen LogP contribution in [-0.4, -0.2) is 17.3 Å². The molecular weight excluding hydrogens is 325 g/mol. The van der Waals surface area contributed by atoms with Crippen molar-refractivity contribution in [3.05, 3.63) is 33.8 Å². The molecule has 5 heteroatoms. The van der Waals surface area contributed by atoms with Crippen LogP contribution in [0.4, 0.5) is 0 Å². The van der Waals surface area contributed by atoms with Crippen molar-refractivity contribution < 1.29 is 4.79 Å². The molecule has 0 saturated heterocycles. The van der Waals surface area contributed by atoms with E-state index >= 15 is 0 Å². The second kappa shape index (κ2) is 7.24. The van der Waals surface area contributed by atoms with Crippen molar-refractivity contribution in [2.75, 3.05) is 6.54 Å². The second-order valence-corrected chi connectivity index (χ2v) is 5.88. The third-order valence-corrected chi connectivity index (χ3v) is 3.85. The average molecular weight is 339 g/mol. The van der Waals surface area contributed by atoms with E-state index in [1.807, 2.05) is 0 Å². The average Bonchev–Trinajstić information content (AvgIpc) is 2.27. The second-order valence-electron chi connectivity index (χ2n) is 3.71. The van der Waals surface area contributed by atoms with Crippen LogP contribution in [0.5, 0.6) is 0 Å². The summed E-state index contributed by atoms with van der Waals surface area (Å²) >= 11 is 15.2. The zero-order valence-corrected chi connectivity index (χ0v) is 12.6. The highest BCUT2D eigenvalue weighted by atomic mass is 79.9. The highest BCUT2D eigenvalue weighted by Gasteiger charge is 2.08. The number of nitrogens with one attached hydrogen (secondary N) is 1. The minimum Gasteiger partial charge on any atom is -0.352 e. The molecule has 0 bridgehead atoms. The fourth-order valence-electron chi connectivity index (χ4n) is 1.33. The summed E-state index contributed by atoms with van der Waals surface area (Å²) in [6.45, 7) is 2.73. The SMILES string of the molecule is CCC(Br)CCNC(=O)c1cc(Cl)cc(Cl)c1. The van der Waals surface area contributed by atoms with Crippen LogP contribution in [-0.2, 0) is 0 Å². The Morgan fingerprint density at radius 2 is 1.94 bits per heavy atom. The lowest BCUT2D eigenvalue weighted by Crippen LogP contribution is -2.25. The molecule has 1 unspecified atom stereocenters. The summed E-state index contributed by atoms with van der Waals surface area (Å²) in [5.41, 5.74) is 0.491. The van der Waals surface area contributed by atoms with Gasteiger partial charge in [-0.3, -0.25) is 4.79 Å². The Bertz CT molecular complexity index is 378. The molecule has 1 amide bonds. The Kier molecular flexibility index (Phi) is 6.31. The Morgan fingerprint density at radius 3 is 2.47 bits per heavy atom. The molecule has 0 aliphatic heterocycles. The lowest BCUT2D eigenvalue weighted by Gasteiger charge is -2.08. The van der Waals surface area contributed by atoms with Gasteiger partial charge in [-0.15, -0.1) is 0 Å². The zero-order valence-electron chi connectivity index (χ0n) is 9.47. The molecule has 1 atom stereocenters. The number of hydrogen-bond donors (Lipinski definition) is 1. The molecule has 0 fully saturated rings. The molecule has 1 rings (SSSR count). The first kappa shape index (κ1) is 14.8. The monoisotopic (exact) mass is 337 g/mol. The normalized spacial score (nSPS) is 12.2. The van der Waals surface area contributed by atoms with Crippen LogP contribution in [0, 0.1) is 0 Å². The number of alkyl halides is 1.